The molecular weight excluding hydrogens is 303 g/mol. The van der Waals surface area contributed by atoms with Gasteiger partial charge in [0.15, 0.2) is 11.1 Å². The van der Waals surface area contributed by atoms with Crippen LogP contribution in [0, 0.1) is 6.92 Å². The first kappa shape index (κ1) is 15.0. The minimum absolute atomic E-state index is 0.115. The van der Waals surface area contributed by atoms with Crippen molar-refractivity contribution in [2.45, 2.75) is 31.7 Å². The number of aromatic nitrogens is 3. The van der Waals surface area contributed by atoms with Crippen molar-refractivity contribution in [3.8, 4) is 0 Å². The van der Waals surface area contributed by atoms with E-state index in [0.29, 0.717) is 11.3 Å². The Morgan fingerprint density at radius 1 is 1.41 bits per heavy atom. The molecule has 0 saturated carbocycles. The maximum Gasteiger partial charge on any atom is 0.418 e. The molecule has 2 aromatic rings. The number of nitrogen functional groups attached to an aromatic ring is 1. The fourth-order valence-corrected chi connectivity index (χ4v) is 2.65. The zero-order chi connectivity index (χ0) is 16.1. The number of aryl methyl sites for hydroxylation is 1. The summed E-state index contributed by atoms with van der Waals surface area (Å²) in [5, 5.41) is 16.9. The molecule has 2 aromatic heterocycles. The van der Waals surface area contributed by atoms with Gasteiger partial charge >= 0.3 is 6.18 Å². The van der Waals surface area contributed by atoms with Crippen LogP contribution in [0.1, 0.15) is 17.7 Å². The van der Waals surface area contributed by atoms with Gasteiger partial charge in [0.25, 0.3) is 0 Å². The largest absolute Gasteiger partial charge is 0.418 e. The SMILES string of the molecule is Cc1nc2nonc2c(N)c1CN1CCC(O)(C(F)(F)F)C1. The smallest absolute Gasteiger partial charge is 0.396 e. The summed E-state index contributed by atoms with van der Waals surface area (Å²) in [6, 6.07) is 0. The number of aliphatic hydroxyl groups is 1. The first-order chi connectivity index (χ1) is 10.2. The summed E-state index contributed by atoms with van der Waals surface area (Å²) >= 11 is 0. The van der Waals surface area contributed by atoms with Crippen molar-refractivity contribution in [3.05, 3.63) is 11.3 Å². The zero-order valence-corrected chi connectivity index (χ0v) is 11.7. The van der Waals surface area contributed by atoms with E-state index in [1.54, 1.807) is 6.92 Å². The van der Waals surface area contributed by atoms with Crippen molar-refractivity contribution in [2.24, 2.45) is 0 Å². The lowest BCUT2D eigenvalue weighted by Crippen LogP contribution is -2.47. The Morgan fingerprint density at radius 3 is 2.77 bits per heavy atom. The van der Waals surface area contributed by atoms with Gasteiger partial charge in [0.2, 0.25) is 5.65 Å². The number of likely N-dealkylation sites (tertiary alicyclic amines) is 1. The summed E-state index contributed by atoms with van der Waals surface area (Å²) in [4.78, 5) is 5.66. The lowest BCUT2D eigenvalue weighted by Gasteiger charge is -2.26. The Bertz CT molecular complexity index is 717. The number of fused-ring (bicyclic) bond motifs is 1. The molecule has 0 radical (unpaired) electrons. The fraction of sp³-hybridized carbons (Fsp3) is 0.583. The van der Waals surface area contributed by atoms with Gasteiger partial charge in [-0.1, -0.05) is 0 Å². The van der Waals surface area contributed by atoms with E-state index in [4.69, 9.17) is 5.73 Å². The van der Waals surface area contributed by atoms with Gasteiger partial charge in [0.1, 0.15) is 0 Å². The lowest BCUT2D eigenvalue weighted by molar-refractivity contribution is -0.254. The van der Waals surface area contributed by atoms with Gasteiger partial charge in [-0.2, -0.15) is 13.2 Å². The molecule has 0 amide bonds. The van der Waals surface area contributed by atoms with E-state index in [9.17, 15) is 18.3 Å². The molecule has 1 fully saturated rings. The van der Waals surface area contributed by atoms with Crippen LogP contribution in [0.5, 0.6) is 0 Å². The third kappa shape index (κ3) is 2.28. The number of nitrogens with two attached hydrogens (primary N) is 1. The highest BCUT2D eigenvalue weighted by Gasteiger charge is 2.56. The average Bonchev–Trinajstić information content (AvgIpc) is 3.01. The van der Waals surface area contributed by atoms with Crippen LogP contribution in [0.4, 0.5) is 18.9 Å². The molecule has 10 heteroatoms. The van der Waals surface area contributed by atoms with Gasteiger partial charge < -0.3 is 10.8 Å². The lowest BCUT2D eigenvalue weighted by atomic mass is 10.0. The van der Waals surface area contributed by atoms with Crippen molar-refractivity contribution >= 4 is 16.9 Å². The second-order valence-electron chi connectivity index (χ2n) is 5.52. The number of anilines is 1. The van der Waals surface area contributed by atoms with E-state index in [-0.39, 0.29) is 36.4 Å². The van der Waals surface area contributed by atoms with E-state index < -0.39 is 18.3 Å². The maximum absolute atomic E-state index is 12.8. The number of nitrogens with zero attached hydrogens (tertiary/aromatic N) is 4. The van der Waals surface area contributed by atoms with E-state index >= 15 is 0 Å². The molecule has 3 heterocycles. The van der Waals surface area contributed by atoms with Crippen LogP contribution >= 0.6 is 0 Å². The molecule has 1 saturated heterocycles. The van der Waals surface area contributed by atoms with Crippen molar-refractivity contribution in [2.75, 3.05) is 18.8 Å². The van der Waals surface area contributed by atoms with Crippen molar-refractivity contribution in [1.82, 2.24) is 20.2 Å². The third-order valence-corrected chi connectivity index (χ3v) is 4.00. The minimum atomic E-state index is -4.65. The summed E-state index contributed by atoms with van der Waals surface area (Å²) in [7, 11) is 0. The quantitative estimate of drug-likeness (QED) is 0.852. The molecule has 7 nitrogen and oxygen atoms in total. The maximum atomic E-state index is 12.8. The normalized spacial score (nSPS) is 23.5. The van der Waals surface area contributed by atoms with Crippen LogP contribution < -0.4 is 5.73 Å². The van der Waals surface area contributed by atoms with Crippen molar-refractivity contribution < 1.29 is 22.9 Å². The Morgan fingerprint density at radius 2 is 2.14 bits per heavy atom. The molecule has 3 rings (SSSR count). The van der Waals surface area contributed by atoms with Crippen molar-refractivity contribution in [3.63, 3.8) is 0 Å². The second kappa shape index (κ2) is 4.78. The van der Waals surface area contributed by atoms with Gasteiger partial charge in [-0.15, -0.1) is 0 Å². The third-order valence-electron chi connectivity index (χ3n) is 4.00. The van der Waals surface area contributed by atoms with E-state index in [1.165, 1.54) is 4.90 Å². The highest BCUT2D eigenvalue weighted by atomic mass is 19.4. The molecule has 0 aromatic carbocycles. The first-order valence-corrected chi connectivity index (χ1v) is 6.60. The topological polar surface area (TPSA) is 101 Å². The molecule has 1 aliphatic rings. The number of halogens is 3. The Labute approximate surface area is 122 Å². The molecule has 1 unspecified atom stereocenters. The fourth-order valence-electron chi connectivity index (χ4n) is 2.65. The van der Waals surface area contributed by atoms with Crippen LogP contribution in [-0.2, 0) is 6.54 Å². The molecule has 120 valence electrons. The van der Waals surface area contributed by atoms with Gasteiger partial charge in [-0.3, -0.25) is 4.90 Å². The van der Waals surface area contributed by atoms with E-state index in [0.717, 1.165) is 0 Å². The predicted molar refractivity (Wildman–Crippen MR) is 69.6 cm³/mol. The minimum Gasteiger partial charge on any atom is -0.396 e. The summed E-state index contributed by atoms with van der Waals surface area (Å²) in [6.07, 6.45) is -5.02. The number of rotatable bonds is 2. The molecule has 0 spiro atoms. The molecule has 1 aliphatic heterocycles. The molecule has 0 bridgehead atoms. The highest BCUT2D eigenvalue weighted by molar-refractivity contribution is 5.85. The van der Waals surface area contributed by atoms with Gasteiger partial charge in [0, 0.05) is 30.9 Å². The highest BCUT2D eigenvalue weighted by Crippen LogP contribution is 2.38. The average molecular weight is 317 g/mol. The summed E-state index contributed by atoms with van der Waals surface area (Å²) in [5.41, 5.74) is 5.24. The zero-order valence-electron chi connectivity index (χ0n) is 11.7. The van der Waals surface area contributed by atoms with Crippen molar-refractivity contribution in [1.29, 1.82) is 0 Å². The van der Waals surface area contributed by atoms with Crippen LogP contribution in [-0.4, -0.2) is 50.2 Å². The van der Waals surface area contributed by atoms with Gasteiger partial charge in [-0.05, 0) is 23.7 Å². The van der Waals surface area contributed by atoms with Crippen LogP contribution in [0.15, 0.2) is 4.63 Å². The molecule has 0 aliphatic carbocycles. The molecular formula is C12H14F3N5O2. The molecule has 3 N–H and O–H groups in total. The number of β-amino-alcohol motifs (C(OH)–C–C–N with tert-alkyl or cyclic N) is 1. The van der Waals surface area contributed by atoms with Crippen LogP contribution in [0.2, 0.25) is 0 Å². The summed E-state index contributed by atoms with van der Waals surface area (Å²) < 4.78 is 43.1. The Kier molecular flexibility index (Phi) is 3.25. The molecule has 22 heavy (non-hydrogen) atoms. The standard InChI is InChI=1S/C12H14F3N5O2/c1-6-7(8(16)9-10(17-6)19-22-18-9)4-20-3-2-11(21,5-20)12(13,14)15/h21H,2-5,16H2,1H3. The first-order valence-electron chi connectivity index (χ1n) is 6.60. The number of hydrogen-bond acceptors (Lipinski definition) is 7. The predicted octanol–water partition coefficient (Wildman–Crippen LogP) is 1.01. The molecule has 1 atom stereocenters. The Balaban J connectivity index is 1.86. The summed E-state index contributed by atoms with van der Waals surface area (Å²) in [6.45, 7) is 1.45. The van der Waals surface area contributed by atoms with E-state index in [1.807, 2.05) is 0 Å². The number of alkyl halides is 3. The van der Waals surface area contributed by atoms with Crippen LogP contribution in [0.3, 0.4) is 0 Å². The van der Waals surface area contributed by atoms with Crippen LogP contribution in [0.25, 0.3) is 11.2 Å². The summed E-state index contributed by atoms with van der Waals surface area (Å²) in [5.74, 6) is 0. The Hall–Kier alpha value is -1.94. The van der Waals surface area contributed by atoms with Gasteiger partial charge in [-0.25, -0.2) is 9.61 Å². The second-order valence-corrected chi connectivity index (χ2v) is 5.52. The van der Waals surface area contributed by atoms with Gasteiger partial charge in [0.05, 0.1) is 5.69 Å². The monoisotopic (exact) mass is 317 g/mol. The number of hydrogen-bond donors (Lipinski definition) is 2. The number of pyridine rings is 1. The van der Waals surface area contributed by atoms with E-state index in [2.05, 4.69) is 19.9 Å².